The Morgan fingerprint density at radius 2 is 1.43 bits per heavy atom. The van der Waals surface area contributed by atoms with E-state index in [1.807, 2.05) is 0 Å². The van der Waals surface area contributed by atoms with Gasteiger partial charge in [0.1, 0.15) is 0 Å². The summed E-state index contributed by atoms with van der Waals surface area (Å²) in [4.78, 5) is 0. The molecule has 1 rings (SSSR count). The molecule has 78 valence electrons. The maximum atomic E-state index is 2.36. The van der Waals surface area contributed by atoms with E-state index in [2.05, 4.69) is 53.7 Å². The van der Waals surface area contributed by atoms with E-state index in [0.29, 0.717) is 5.41 Å². The molecular formula is C14H22. The zero-order chi connectivity index (χ0) is 10.9. The molecule has 0 aliphatic heterocycles. The van der Waals surface area contributed by atoms with Crippen LogP contribution in [0.2, 0.25) is 0 Å². The Morgan fingerprint density at radius 1 is 0.929 bits per heavy atom. The minimum absolute atomic E-state index is 0.308. The van der Waals surface area contributed by atoms with E-state index in [1.165, 1.54) is 28.7 Å². The van der Waals surface area contributed by atoms with Crippen LogP contribution in [0.15, 0.2) is 12.1 Å². The summed E-state index contributed by atoms with van der Waals surface area (Å²) in [6, 6.07) is 4.66. The summed E-state index contributed by atoms with van der Waals surface area (Å²) in [6.45, 7) is 13.5. The zero-order valence-corrected chi connectivity index (χ0v) is 10.4. The fraction of sp³-hybridized carbons (Fsp3) is 0.571. The average molecular weight is 190 g/mol. The SMILES string of the molecule is CCC(C)(C)c1cc(C)c(C)cc1C. The Bertz CT molecular complexity index is 332. The fourth-order valence-corrected chi connectivity index (χ4v) is 1.88. The van der Waals surface area contributed by atoms with Gasteiger partial charge in [-0.05, 0) is 54.9 Å². The van der Waals surface area contributed by atoms with E-state index in [9.17, 15) is 0 Å². The van der Waals surface area contributed by atoms with Crippen molar-refractivity contribution in [2.75, 3.05) is 0 Å². The van der Waals surface area contributed by atoms with Crippen molar-refractivity contribution >= 4 is 0 Å². The van der Waals surface area contributed by atoms with Crippen molar-refractivity contribution in [2.24, 2.45) is 0 Å². The molecule has 1 aromatic rings. The second-order valence-corrected chi connectivity index (χ2v) is 4.99. The maximum Gasteiger partial charge on any atom is -0.0103 e. The molecule has 0 N–H and O–H groups in total. The molecule has 0 atom stereocenters. The first-order valence-electron chi connectivity index (χ1n) is 5.47. The van der Waals surface area contributed by atoms with Crippen LogP contribution >= 0.6 is 0 Å². The van der Waals surface area contributed by atoms with Crippen LogP contribution in [0.3, 0.4) is 0 Å². The Kier molecular flexibility index (Phi) is 3.04. The van der Waals surface area contributed by atoms with Crippen LogP contribution < -0.4 is 0 Å². The highest BCUT2D eigenvalue weighted by Crippen LogP contribution is 2.30. The van der Waals surface area contributed by atoms with Gasteiger partial charge in [0.2, 0.25) is 0 Å². The molecule has 0 aliphatic carbocycles. The van der Waals surface area contributed by atoms with E-state index in [0.717, 1.165) is 0 Å². The minimum atomic E-state index is 0.308. The maximum absolute atomic E-state index is 2.36. The first kappa shape index (κ1) is 11.3. The standard InChI is InChI=1S/C14H22/c1-7-14(5,6)13-9-11(3)10(2)8-12(13)4/h8-9H,7H2,1-6H3. The highest BCUT2D eigenvalue weighted by Gasteiger charge is 2.20. The van der Waals surface area contributed by atoms with Crippen LogP contribution in [-0.2, 0) is 5.41 Å². The molecule has 0 saturated carbocycles. The molecule has 0 aliphatic rings. The highest BCUT2D eigenvalue weighted by molar-refractivity contribution is 5.40. The number of rotatable bonds is 2. The lowest BCUT2D eigenvalue weighted by atomic mass is 9.79. The highest BCUT2D eigenvalue weighted by atomic mass is 14.2. The molecule has 0 bridgehead atoms. The van der Waals surface area contributed by atoms with E-state index < -0.39 is 0 Å². The fourth-order valence-electron chi connectivity index (χ4n) is 1.88. The van der Waals surface area contributed by atoms with Gasteiger partial charge < -0.3 is 0 Å². The van der Waals surface area contributed by atoms with Gasteiger partial charge in [0, 0.05) is 0 Å². The first-order chi connectivity index (χ1) is 6.38. The lowest BCUT2D eigenvalue weighted by Crippen LogP contribution is -2.17. The third-order valence-electron chi connectivity index (χ3n) is 3.45. The summed E-state index contributed by atoms with van der Waals surface area (Å²) in [5.41, 5.74) is 6.05. The quantitative estimate of drug-likeness (QED) is 0.652. The largest absolute Gasteiger partial charge is 0.0646 e. The topological polar surface area (TPSA) is 0 Å². The van der Waals surface area contributed by atoms with Gasteiger partial charge in [-0.2, -0.15) is 0 Å². The Morgan fingerprint density at radius 3 is 1.93 bits per heavy atom. The molecule has 0 unspecified atom stereocenters. The van der Waals surface area contributed by atoms with Gasteiger partial charge >= 0.3 is 0 Å². The van der Waals surface area contributed by atoms with Crippen molar-refractivity contribution in [1.82, 2.24) is 0 Å². The molecule has 14 heavy (non-hydrogen) atoms. The molecule has 0 heteroatoms. The van der Waals surface area contributed by atoms with Gasteiger partial charge in [-0.3, -0.25) is 0 Å². The van der Waals surface area contributed by atoms with Gasteiger partial charge in [0.05, 0.1) is 0 Å². The van der Waals surface area contributed by atoms with Gasteiger partial charge in [0.25, 0.3) is 0 Å². The van der Waals surface area contributed by atoms with Gasteiger partial charge in [-0.1, -0.05) is 32.9 Å². The molecule has 0 saturated heterocycles. The Balaban J connectivity index is 3.29. The normalized spacial score (nSPS) is 11.9. The minimum Gasteiger partial charge on any atom is -0.0646 e. The summed E-state index contributed by atoms with van der Waals surface area (Å²) in [5.74, 6) is 0. The lowest BCUT2D eigenvalue weighted by molar-refractivity contribution is 0.503. The van der Waals surface area contributed by atoms with Gasteiger partial charge in [-0.15, -0.1) is 0 Å². The van der Waals surface area contributed by atoms with Crippen LogP contribution in [0.4, 0.5) is 0 Å². The number of hydrogen-bond donors (Lipinski definition) is 0. The molecule has 0 nitrogen and oxygen atoms in total. The van der Waals surface area contributed by atoms with Gasteiger partial charge in [-0.25, -0.2) is 0 Å². The van der Waals surface area contributed by atoms with Crippen LogP contribution in [0.5, 0.6) is 0 Å². The summed E-state index contributed by atoms with van der Waals surface area (Å²) >= 11 is 0. The van der Waals surface area contributed by atoms with Crippen molar-refractivity contribution < 1.29 is 0 Å². The van der Waals surface area contributed by atoms with E-state index in [1.54, 1.807) is 0 Å². The monoisotopic (exact) mass is 190 g/mol. The van der Waals surface area contributed by atoms with Crippen LogP contribution in [0.1, 0.15) is 49.4 Å². The van der Waals surface area contributed by atoms with E-state index in [4.69, 9.17) is 0 Å². The van der Waals surface area contributed by atoms with Crippen molar-refractivity contribution in [3.63, 3.8) is 0 Å². The third-order valence-corrected chi connectivity index (χ3v) is 3.45. The summed E-state index contributed by atoms with van der Waals surface area (Å²) in [6.07, 6.45) is 1.19. The van der Waals surface area contributed by atoms with Gasteiger partial charge in [0.15, 0.2) is 0 Å². The molecule has 0 aromatic heterocycles. The second kappa shape index (κ2) is 3.76. The number of aryl methyl sites for hydroxylation is 3. The smallest absolute Gasteiger partial charge is 0.0103 e. The van der Waals surface area contributed by atoms with E-state index in [-0.39, 0.29) is 0 Å². The molecule has 0 amide bonds. The van der Waals surface area contributed by atoms with Crippen molar-refractivity contribution in [3.8, 4) is 0 Å². The van der Waals surface area contributed by atoms with Crippen LogP contribution in [-0.4, -0.2) is 0 Å². The molecule has 1 aromatic carbocycles. The molecule has 0 fully saturated rings. The average Bonchev–Trinajstić information content (AvgIpc) is 2.11. The summed E-state index contributed by atoms with van der Waals surface area (Å²) in [5, 5.41) is 0. The Hall–Kier alpha value is -0.780. The predicted octanol–water partition coefficient (Wildman–Crippen LogP) is 4.30. The molecule has 0 spiro atoms. The number of benzene rings is 1. The van der Waals surface area contributed by atoms with Crippen LogP contribution in [0.25, 0.3) is 0 Å². The second-order valence-electron chi connectivity index (χ2n) is 4.99. The van der Waals surface area contributed by atoms with Crippen LogP contribution in [0, 0.1) is 20.8 Å². The summed E-state index contributed by atoms with van der Waals surface area (Å²) < 4.78 is 0. The van der Waals surface area contributed by atoms with E-state index >= 15 is 0 Å². The molecule has 0 radical (unpaired) electrons. The first-order valence-corrected chi connectivity index (χ1v) is 5.47. The Labute approximate surface area is 88.4 Å². The lowest BCUT2D eigenvalue weighted by Gasteiger charge is -2.26. The molecular weight excluding hydrogens is 168 g/mol. The molecule has 0 heterocycles. The zero-order valence-electron chi connectivity index (χ0n) is 10.4. The van der Waals surface area contributed by atoms with Crippen molar-refractivity contribution in [1.29, 1.82) is 0 Å². The third kappa shape index (κ3) is 2.00. The number of hydrogen-bond acceptors (Lipinski definition) is 0. The van der Waals surface area contributed by atoms with Crippen molar-refractivity contribution in [3.05, 3.63) is 34.4 Å². The predicted molar refractivity (Wildman–Crippen MR) is 64.0 cm³/mol. The van der Waals surface area contributed by atoms with Crippen molar-refractivity contribution in [2.45, 2.75) is 53.4 Å². The summed E-state index contributed by atoms with van der Waals surface area (Å²) in [7, 11) is 0.